The largest absolute Gasteiger partial charge is 0.456 e. The molecule has 0 radical (unpaired) electrons. The number of ether oxygens (including phenoxy) is 1. The Balaban J connectivity index is 1.49. The summed E-state index contributed by atoms with van der Waals surface area (Å²) in [6, 6.07) is 17.5. The second kappa shape index (κ2) is 7.56. The molecule has 2 saturated carbocycles. The van der Waals surface area contributed by atoms with E-state index >= 15 is 0 Å². The molecule has 2 fully saturated rings. The molecule has 1 amide bonds. The molecule has 0 aliphatic heterocycles. The lowest BCUT2D eigenvalue weighted by Crippen LogP contribution is -2.48. The van der Waals surface area contributed by atoms with E-state index in [9.17, 15) is 19.5 Å². The van der Waals surface area contributed by atoms with E-state index < -0.39 is 35.9 Å². The van der Waals surface area contributed by atoms with Gasteiger partial charge in [0.15, 0.2) is 0 Å². The number of para-hydroxylation sites is 1. The Bertz CT molecular complexity index is 869. The first kappa shape index (κ1) is 18.4. The van der Waals surface area contributed by atoms with Crippen LogP contribution in [0.3, 0.4) is 0 Å². The first-order valence-corrected chi connectivity index (χ1v) is 9.35. The predicted octanol–water partition coefficient (Wildman–Crippen LogP) is 2.29. The topological polar surface area (TPSA) is 92.7 Å². The summed E-state index contributed by atoms with van der Waals surface area (Å²) >= 11 is 0. The Morgan fingerprint density at radius 2 is 1.64 bits per heavy atom. The van der Waals surface area contributed by atoms with Gasteiger partial charge in [-0.3, -0.25) is 4.79 Å². The highest BCUT2D eigenvalue weighted by molar-refractivity contribution is 5.95. The fourth-order valence-corrected chi connectivity index (χ4v) is 4.60. The van der Waals surface area contributed by atoms with E-state index in [0.29, 0.717) is 17.7 Å². The number of aldehydes is 1. The molecule has 4 rings (SSSR count). The van der Waals surface area contributed by atoms with Gasteiger partial charge in [0.1, 0.15) is 12.4 Å². The summed E-state index contributed by atoms with van der Waals surface area (Å²) in [5.41, 5.74) is 1.03. The van der Waals surface area contributed by atoms with E-state index in [2.05, 4.69) is 5.32 Å². The summed E-state index contributed by atoms with van der Waals surface area (Å²) in [4.78, 5) is 36.9. The number of anilines is 1. The number of carbonyl (C=O) groups excluding carboxylic acids is 3. The second-order valence-corrected chi connectivity index (χ2v) is 7.38. The van der Waals surface area contributed by atoms with Crippen LogP contribution < -0.4 is 5.32 Å². The van der Waals surface area contributed by atoms with Gasteiger partial charge in [0.2, 0.25) is 5.91 Å². The fraction of sp³-hybridized carbons (Fsp3) is 0.318. The highest BCUT2D eigenvalue weighted by Crippen LogP contribution is 2.53. The second-order valence-electron chi connectivity index (χ2n) is 7.38. The minimum absolute atomic E-state index is 0.289. The van der Waals surface area contributed by atoms with Crippen molar-refractivity contribution in [1.82, 2.24) is 0 Å². The molecule has 6 heteroatoms. The summed E-state index contributed by atoms with van der Waals surface area (Å²) in [7, 11) is 0. The third-order valence-electron chi connectivity index (χ3n) is 5.87. The number of carbonyl (C=O) groups is 3. The number of aliphatic hydroxyl groups excluding tert-OH is 1. The van der Waals surface area contributed by atoms with E-state index in [0.717, 1.165) is 6.29 Å². The van der Waals surface area contributed by atoms with Gasteiger partial charge < -0.3 is 20.0 Å². The normalized spacial score (nSPS) is 30.6. The Morgan fingerprint density at radius 3 is 2.29 bits per heavy atom. The van der Waals surface area contributed by atoms with Crippen LogP contribution in [-0.4, -0.2) is 35.5 Å². The van der Waals surface area contributed by atoms with Crippen LogP contribution in [0.2, 0.25) is 0 Å². The quantitative estimate of drug-likeness (QED) is 0.614. The molecule has 2 aromatic rings. The van der Waals surface area contributed by atoms with Crippen molar-refractivity contribution in [3.05, 3.63) is 66.2 Å². The predicted molar refractivity (Wildman–Crippen MR) is 101 cm³/mol. The standard InChI is InChI=1S/C22H21NO5/c24-12-17-15-11-16(18(17)21(26)23-14-9-5-2-6-10-14)19(25)20(15)28-22(27)13-7-3-1-4-8-13/h1-10,12,15-20,25H,11H2,(H,23,26). The van der Waals surface area contributed by atoms with Gasteiger partial charge in [-0.1, -0.05) is 36.4 Å². The van der Waals surface area contributed by atoms with Crippen LogP contribution >= 0.6 is 0 Å². The molecule has 144 valence electrons. The molecule has 2 aliphatic rings. The number of amides is 1. The average Bonchev–Trinajstić information content (AvgIpc) is 3.25. The number of hydrogen-bond acceptors (Lipinski definition) is 5. The van der Waals surface area contributed by atoms with Crippen LogP contribution in [-0.2, 0) is 14.3 Å². The molecular formula is C22H21NO5. The molecule has 0 spiro atoms. The number of rotatable bonds is 5. The van der Waals surface area contributed by atoms with Crippen LogP contribution in [0.4, 0.5) is 5.69 Å². The Hall–Kier alpha value is -2.99. The van der Waals surface area contributed by atoms with Crippen molar-refractivity contribution in [3.63, 3.8) is 0 Å². The number of hydrogen-bond donors (Lipinski definition) is 2. The summed E-state index contributed by atoms with van der Waals surface area (Å²) in [5, 5.41) is 13.5. The van der Waals surface area contributed by atoms with Crippen LogP contribution in [0.15, 0.2) is 60.7 Å². The third-order valence-corrected chi connectivity index (χ3v) is 5.87. The van der Waals surface area contributed by atoms with Gasteiger partial charge in [-0.2, -0.15) is 0 Å². The molecule has 0 heterocycles. The van der Waals surface area contributed by atoms with Gasteiger partial charge in [0.25, 0.3) is 0 Å². The number of fused-ring (bicyclic) bond motifs is 2. The lowest BCUT2D eigenvalue weighted by Gasteiger charge is -2.35. The molecule has 6 nitrogen and oxygen atoms in total. The Morgan fingerprint density at radius 1 is 1.00 bits per heavy atom. The molecule has 2 aromatic carbocycles. The molecule has 6 atom stereocenters. The zero-order chi connectivity index (χ0) is 19.7. The molecule has 28 heavy (non-hydrogen) atoms. The molecule has 0 aromatic heterocycles. The number of aliphatic hydroxyl groups is 1. The van der Waals surface area contributed by atoms with Gasteiger partial charge in [-0.25, -0.2) is 4.79 Å². The summed E-state index contributed by atoms with van der Waals surface area (Å²) in [6.07, 6.45) is -0.520. The van der Waals surface area contributed by atoms with E-state index in [1.165, 1.54) is 0 Å². The summed E-state index contributed by atoms with van der Waals surface area (Å²) in [5.74, 6) is -2.83. The van der Waals surface area contributed by atoms with E-state index in [4.69, 9.17) is 4.74 Å². The molecular weight excluding hydrogens is 358 g/mol. The maximum atomic E-state index is 12.8. The highest BCUT2D eigenvalue weighted by atomic mass is 16.6. The van der Waals surface area contributed by atoms with Gasteiger partial charge in [-0.15, -0.1) is 0 Å². The maximum Gasteiger partial charge on any atom is 0.338 e. The number of esters is 1. The average molecular weight is 379 g/mol. The number of nitrogens with one attached hydrogen (secondary N) is 1. The first-order valence-electron chi connectivity index (χ1n) is 9.35. The highest BCUT2D eigenvalue weighted by Gasteiger charge is 2.61. The van der Waals surface area contributed by atoms with E-state index in [1.54, 1.807) is 42.5 Å². The minimum Gasteiger partial charge on any atom is -0.456 e. The van der Waals surface area contributed by atoms with Crippen molar-refractivity contribution in [2.45, 2.75) is 18.6 Å². The zero-order valence-electron chi connectivity index (χ0n) is 15.1. The fourth-order valence-electron chi connectivity index (χ4n) is 4.60. The van der Waals surface area contributed by atoms with Crippen LogP contribution in [0, 0.1) is 23.7 Å². The SMILES string of the molecule is O=CC1C2CC(C(O)C2OC(=O)c2ccccc2)C1C(=O)Nc1ccccc1. The zero-order valence-corrected chi connectivity index (χ0v) is 15.1. The van der Waals surface area contributed by atoms with Crippen molar-refractivity contribution >= 4 is 23.9 Å². The lowest BCUT2D eigenvalue weighted by atomic mass is 9.76. The van der Waals surface area contributed by atoms with Crippen molar-refractivity contribution in [3.8, 4) is 0 Å². The minimum atomic E-state index is -0.972. The van der Waals surface area contributed by atoms with Gasteiger partial charge in [0, 0.05) is 23.4 Å². The number of benzene rings is 2. The Labute approximate surface area is 162 Å². The molecule has 2 N–H and O–H groups in total. The van der Waals surface area contributed by atoms with Crippen LogP contribution in [0.5, 0.6) is 0 Å². The van der Waals surface area contributed by atoms with Crippen molar-refractivity contribution < 1.29 is 24.2 Å². The molecule has 2 aliphatic carbocycles. The Kier molecular flexibility index (Phi) is 4.96. The van der Waals surface area contributed by atoms with Gasteiger partial charge in [-0.05, 0) is 30.7 Å². The van der Waals surface area contributed by atoms with Crippen LogP contribution in [0.25, 0.3) is 0 Å². The van der Waals surface area contributed by atoms with Crippen molar-refractivity contribution in [2.75, 3.05) is 5.32 Å². The first-order chi connectivity index (χ1) is 13.6. The van der Waals surface area contributed by atoms with E-state index in [1.807, 2.05) is 18.2 Å². The smallest absolute Gasteiger partial charge is 0.338 e. The van der Waals surface area contributed by atoms with Crippen molar-refractivity contribution in [1.29, 1.82) is 0 Å². The molecule has 0 saturated heterocycles. The lowest BCUT2D eigenvalue weighted by molar-refractivity contribution is -0.135. The summed E-state index contributed by atoms with van der Waals surface area (Å²) in [6.45, 7) is 0. The van der Waals surface area contributed by atoms with Crippen LogP contribution in [0.1, 0.15) is 16.8 Å². The maximum absolute atomic E-state index is 12.8. The monoisotopic (exact) mass is 379 g/mol. The summed E-state index contributed by atoms with van der Waals surface area (Å²) < 4.78 is 5.54. The third kappa shape index (κ3) is 3.20. The van der Waals surface area contributed by atoms with Crippen molar-refractivity contribution in [2.24, 2.45) is 23.7 Å². The van der Waals surface area contributed by atoms with Gasteiger partial charge in [0.05, 0.1) is 17.6 Å². The van der Waals surface area contributed by atoms with Gasteiger partial charge >= 0.3 is 5.97 Å². The molecule has 2 bridgehead atoms. The molecule has 6 unspecified atom stereocenters. The van der Waals surface area contributed by atoms with E-state index in [-0.39, 0.29) is 11.8 Å².